The normalized spacial score (nSPS) is 11.7. The summed E-state index contributed by atoms with van der Waals surface area (Å²) in [6.07, 6.45) is 0. The number of aryl methyl sites for hydroxylation is 1. The van der Waals surface area contributed by atoms with Gasteiger partial charge in [0.2, 0.25) is 19.7 Å². The zero-order valence-corrected chi connectivity index (χ0v) is 20.1. The monoisotopic (exact) mass is 494 g/mol. The maximum atomic E-state index is 12.8. The Balaban J connectivity index is 1.50. The van der Waals surface area contributed by atoms with Gasteiger partial charge in [-0.15, -0.1) is 0 Å². The minimum atomic E-state index is -3.68. The van der Waals surface area contributed by atoms with Gasteiger partial charge in [-0.05, 0) is 91.9 Å². The van der Waals surface area contributed by atoms with Crippen LogP contribution in [0.15, 0.2) is 117 Å². The molecule has 4 aromatic carbocycles. The molecule has 0 N–H and O–H groups in total. The number of benzene rings is 4. The average molecular weight is 495 g/mol. The van der Waals surface area contributed by atoms with Crippen LogP contribution in [0.5, 0.6) is 17.2 Å². The minimum absolute atomic E-state index is 0.129. The van der Waals surface area contributed by atoms with E-state index >= 15 is 0 Å². The molecule has 174 valence electrons. The van der Waals surface area contributed by atoms with Gasteiger partial charge >= 0.3 is 0 Å². The van der Waals surface area contributed by atoms with E-state index < -0.39 is 19.7 Å². The third kappa shape index (κ3) is 4.83. The van der Waals surface area contributed by atoms with Crippen molar-refractivity contribution in [2.24, 2.45) is 0 Å². The highest BCUT2D eigenvalue weighted by Gasteiger charge is 2.19. The molecule has 0 fully saturated rings. The van der Waals surface area contributed by atoms with Gasteiger partial charge in [-0.2, -0.15) is 0 Å². The van der Waals surface area contributed by atoms with Crippen molar-refractivity contribution in [1.29, 1.82) is 0 Å². The van der Waals surface area contributed by atoms with Crippen molar-refractivity contribution in [3.05, 3.63) is 103 Å². The Morgan fingerprint density at radius 2 is 0.765 bits per heavy atom. The summed E-state index contributed by atoms with van der Waals surface area (Å²) in [7, 11) is -5.80. The van der Waals surface area contributed by atoms with E-state index in [0.717, 1.165) is 5.56 Å². The maximum Gasteiger partial charge on any atom is 0.206 e. The summed E-state index contributed by atoms with van der Waals surface area (Å²) in [5.74, 6) is 1.41. The number of hydrogen-bond donors (Lipinski definition) is 0. The van der Waals surface area contributed by atoms with Gasteiger partial charge in [0, 0.05) is 0 Å². The van der Waals surface area contributed by atoms with Crippen molar-refractivity contribution in [2.45, 2.75) is 26.5 Å². The summed E-state index contributed by atoms with van der Waals surface area (Å²) < 4.78 is 62.1. The SMILES string of the molecule is COc1ccc(S(=O)(=O)c2ccc(Oc3ccc(S(=O)(=O)c4ccc(C)cc4)cc3)cc2)cc1. The Labute approximate surface area is 199 Å². The molecule has 0 unspecified atom stereocenters. The van der Waals surface area contributed by atoms with E-state index in [1.807, 2.05) is 6.92 Å². The average Bonchev–Trinajstić information content (AvgIpc) is 2.85. The predicted octanol–water partition coefficient (Wildman–Crippen LogP) is 5.46. The maximum absolute atomic E-state index is 12.8. The van der Waals surface area contributed by atoms with Gasteiger partial charge < -0.3 is 9.47 Å². The second-order valence-electron chi connectivity index (χ2n) is 7.54. The molecule has 0 amide bonds. The lowest BCUT2D eigenvalue weighted by Gasteiger charge is -2.09. The molecular formula is C26H22O6S2. The van der Waals surface area contributed by atoms with Crippen molar-refractivity contribution < 1.29 is 26.3 Å². The molecule has 0 aliphatic rings. The van der Waals surface area contributed by atoms with Crippen molar-refractivity contribution in [1.82, 2.24) is 0 Å². The molecule has 0 spiro atoms. The first-order valence-corrected chi connectivity index (χ1v) is 13.3. The van der Waals surface area contributed by atoms with Crippen LogP contribution in [0.2, 0.25) is 0 Å². The Bertz CT molecular complexity index is 1490. The molecule has 0 saturated carbocycles. The van der Waals surface area contributed by atoms with Crippen LogP contribution in [0.25, 0.3) is 0 Å². The topological polar surface area (TPSA) is 86.7 Å². The van der Waals surface area contributed by atoms with Gasteiger partial charge in [-0.1, -0.05) is 17.7 Å². The Kier molecular flexibility index (Phi) is 6.45. The van der Waals surface area contributed by atoms with Crippen molar-refractivity contribution >= 4 is 19.7 Å². The van der Waals surface area contributed by atoms with Crippen LogP contribution in [0.3, 0.4) is 0 Å². The number of hydrogen-bond acceptors (Lipinski definition) is 6. The van der Waals surface area contributed by atoms with E-state index in [0.29, 0.717) is 17.2 Å². The Morgan fingerprint density at radius 1 is 0.471 bits per heavy atom. The summed E-state index contributed by atoms with van der Waals surface area (Å²) >= 11 is 0. The summed E-state index contributed by atoms with van der Waals surface area (Å²) in [5.41, 5.74) is 0.977. The van der Waals surface area contributed by atoms with Gasteiger partial charge in [0.1, 0.15) is 17.2 Å². The minimum Gasteiger partial charge on any atom is -0.497 e. The van der Waals surface area contributed by atoms with Crippen molar-refractivity contribution in [3.8, 4) is 17.2 Å². The number of methoxy groups -OCH3 is 1. The molecule has 0 atom stereocenters. The van der Waals surface area contributed by atoms with Gasteiger partial charge in [-0.3, -0.25) is 0 Å². The highest BCUT2D eigenvalue weighted by atomic mass is 32.2. The zero-order chi connectivity index (χ0) is 24.3. The molecule has 4 rings (SSSR count). The molecule has 0 aliphatic carbocycles. The lowest BCUT2D eigenvalue weighted by Crippen LogP contribution is -2.02. The number of ether oxygens (including phenoxy) is 2. The van der Waals surface area contributed by atoms with Gasteiger partial charge in [-0.25, -0.2) is 16.8 Å². The summed E-state index contributed by atoms with van der Waals surface area (Å²) in [4.78, 5) is 0.668. The standard InChI is InChI=1S/C26H22O6S2/c1-19-3-11-23(12-4-19)33(27,28)25-15-7-21(8-16-25)32-22-9-17-26(18-10-22)34(29,30)24-13-5-20(31-2)6-14-24/h3-18H,1-2H3. The third-order valence-electron chi connectivity index (χ3n) is 5.20. The van der Waals surface area contributed by atoms with Crippen LogP contribution >= 0.6 is 0 Å². The predicted molar refractivity (Wildman–Crippen MR) is 128 cm³/mol. The second kappa shape index (κ2) is 9.32. The quantitative estimate of drug-likeness (QED) is 0.339. The first-order chi connectivity index (χ1) is 16.2. The third-order valence-corrected chi connectivity index (χ3v) is 8.78. The van der Waals surface area contributed by atoms with Gasteiger partial charge in [0.15, 0.2) is 0 Å². The van der Waals surface area contributed by atoms with E-state index in [2.05, 4.69) is 0 Å². The van der Waals surface area contributed by atoms with Crippen LogP contribution in [0.1, 0.15) is 5.56 Å². The lowest BCUT2D eigenvalue weighted by atomic mass is 10.2. The van der Waals surface area contributed by atoms with E-state index in [1.54, 1.807) is 60.7 Å². The molecule has 0 saturated heterocycles. The summed E-state index contributed by atoms with van der Waals surface area (Å²) in [6.45, 7) is 1.89. The van der Waals surface area contributed by atoms with E-state index in [9.17, 15) is 16.8 Å². The molecule has 0 heterocycles. The highest BCUT2D eigenvalue weighted by molar-refractivity contribution is 7.91. The molecule has 0 aromatic heterocycles. The first kappa shape index (κ1) is 23.5. The number of sulfone groups is 2. The molecule has 0 aliphatic heterocycles. The Morgan fingerprint density at radius 3 is 1.09 bits per heavy atom. The fourth-order valence-corrected chi connectivity index (χ4v) is 5.78. The van der Waals surface area contributed by atoms with Crippen LogP contribution in [-0.4, -0.2) is 23.9 Å². The highest BCUT2D eigenvalue weighted by Crippen LogP contribution is 2.29. The molecule has 4 aromatic rings. The fraction of sp³-hybridized carbons (Fsp3) is 0.0769. The van der Waals surface area contributed by atoms with Crippen LogP contribution in [-0.2, 0) is 19.7 Å². The van der Waals surface area contributed by atoms with Gasteiger partial charge in [0.25, 0.3) is 0 Å². The lowest BCUT2D eigenvalue weighted by molar-refractivity contribution is 0.414. The smallest absolute Gasteiger partial charge is 0.206 e. The largest absolute Gasteiger partial charge is 0.497 e. The van der Waals surface area contributed by atoms with Crippen LogP contribution in [0.4, 0.5) is 0 Å². The van der Waals surface area contributed by atoms with Crippen LogP contribution < -0.4 is 9.47 Å². The van der Waals surface area contributed by atoms with E-state index in [1.165, 1.54) is 43.5 Å². The van der Waals surface area contributed by atoms with E-state index in [4.69, 9.17) is 9.47 Å². The van der Waals surface area contributed by atoms with Crippen molar-refractivity contribution in [3.63, 3.8) is 0 Å². The fourth-order valence-electron chi connectivity index (χ4n) is 3.25. The molecule has 6 nitrogen and oxygen atoms in total. The molecular weight excluding hydrogens is 472 g/mol. The molecule has 0 radical (unpaired) electrons. The number of rotatable bonds is 7. The Hall–Kier alpha value is -3.62. The summed E-state index contributed by atoms with van der Waals surface area (Å²) in [6, 6.07) is 24.9. The first-order valence-electron chi connectivity index (χ1n) is 10.3. The van der Waals surface area contributed by atoms with Crippen LogP contribution in [0, 0.1) is 6.92 Å². The van der Waals surface area contributed by atoms with Gasteiger partial charge in [0.05, 0.1) is 26.7 Å². The summed E-state index contributed by atoms with van der Waals surface area (Å²) in [5, 5.41) is 0. The zero-order valence-electron chi connectivity index (χ0n) is 18.5. The molecule has 8 heteroatoms. The van der Waals surface area contributed by atoms with E-state index in [-0.39, 0.29) is 19.6 Å². The van der Waals surface area contributed by atoms with Crippen molar-refractivity contribution in [2.75, 3.05) is 7.11 Å². The second-order valence-corrected chi connectivity index (χ2v) is 11.4. The molecule has 34 heavy (non-hydrogen) atoms. The molecule has 0 bridgehead atoms.